The van der Waals surface area contributed by atoms with E-state index in [1.165, 1.54) is 0 Å². The molecule has 21 heavy (non-hydrogen) atoms. The third-order valence-corrected chi connectivity index (χ3v) is 3.00. The minimum atomic E-state index is -0.397. The molecule has 5 heteroatoms. The van der Waals surface area contributed by atoms with Crippen LogP contribution in [0.1, 0.15) is 33.1 Å². The Kier molecular flexibility index (Phi) is 6.54. The van der Waals surface area contributed by atoms with Crippen molar-refractivity contribution in [2.45, 2.75) is 33.1 Å². The number of rotatable bonds is 8. The molecule has 0 saturated carbocycles. The number of unbranched alkanes of at least 4 members (excludes halogenated alkanes) is 1. The molecule has 1 aromatic carbocycles. The molecular weight excluding hydrogens is 268 g/mol. The highest BCUT2D eigenvalue weighted by Crippen LogP contribution is 2.21. The van der Waals surface area contributed by atoms with Crippen LogP contribution in [0.3, 0.4) is 0 Å². The first kappa shape index (κ1) is 16.8. The fourth-order valence-electron chi connectivity index (χ4n) is 1.66. The van der Waals surface area contributed by atoms with Gasteiger partial charge in [0.25, 0.3) is 0 Å². The van der Waals surface area contributed by atoms with Gasteiger partial charge in [-0.3, -0.25) is 0 Å². The topological polar surface area (TPSA) is 85.3 Å². The Labute approximate surface area is 125 Å². The minimum Gasteiger partial charge on any atom is -0.482 e. The van der Waals surface area contributed by atoms with Gasteiger partial charge in [0.1, 0.15) is 5.75 Å². The van der Waals surface area contributed by atoms with Crippen LogP contribution in [0.15, 0.2) is 24.3 Å². The maximum atomic E-state index is 11.5. The molecule has 0 atom stereocenters. The lowest BCUT2D eigenvalue weighted by Crippen LogP contribution is -2.16. The summed E-state index contributed by atoms with van der Waals surface area (Å²) in [6.45, 7) is 4.04. The Balaban J connectivity index is 2.12. The van der Waals surface area contributed by atoms with Crippen molar-refractivity contribution in [2.75, 3.05) is 18.9 Å². The molecule has 0 radical (unpaired) electrons. The SMILES string of the molecule is CC(C)(C#N)CCCCOC(=O)COc1ccc(N)cc1. The molecule has 0 amide bonds. The average molecular weight is 290 g/mol. The van der Waals surface area contributed by atoms with E-state index in [0.717, 1.165) is 19.3 Å². The zero-order valence-electron chi connectivity index (χ0n) is 12.6. The first-order chi connectivity index (χ1) is 9.93. The van der Waals surface area contributed by atoms with Gasteiger partial charge in [-0.25, -0.2) is 4.79 Å². The first-order valence-electron chi connectivity index (χ1n) is 6.98. The van der Waals surface area contributed by atoms with Crippen molar-refractivity contribution in [1.82, 2.24) is 0 Å². The lowest BCUT2D eigenvalue weighted by Gasteiger charge is -2.14. The van der Waals surface area contributed by atoms with Gasteiger partial charge < -0.3 is 15.2 Å². The molecule has 0 aliphatic carbocycles. The average Bonchev–Trinajstić information content (AvgIpc) is 2.46. The molecule has 0 saturated heterocycles. The predicted molar refractivity (Wildman–Crippen MR) is 80.6 cm³/mol. The van der Waals surface area contributed by atoms with E-state index in [1.54, 1.807) is 24.3 Å². The van der Waals surface area contributed by atoms with E-state index >= 15 is 0 Å². The van der Waals surface area contributed by atoms with Crippen LogP contribution >= 0.6 is 0 Å². The van der Waals surface area contributed by atoms with Gasteiger partial charge in [0, 0.05) is 5.69 Å². The number of carbonyl (C=O) groups excluding carboxylic acids is 1. The quantitative estimate of drug-likeness (QED) is 0.452. The molecule has 0 spiro atoms. The molecule has 0 fully saturated rings. The summed E-state index contributed by atoms with van der Waals surface area (Å²) in [7, 11) is 0. The highest BCUT2D eigenvalue weighted by atomic mass is 16.6. The van der Waals surface area contributed by atoms with Crippen molar-refractivity contribution >= 4 is 11.7 Å². The second-order valence-electron chi connectivity index (χ2n) is 5.53. The molecule has 114 valence electrons. The Hall–Kier alpha value is -2.22. The number of carbonyl (C=O) groups is 1. The number of nitrogens with zero attached hydrogens (tertiary/aromatic N) is 1. The molecule has 1 rings (SSSR count). The standard InChI is InChI=1S/C16H22N2O3/c1-16(2,12-17)9-3-4-10-20-15(19)11-21-14-7-5-13(18)6-8-14/h5-8H,3-4,9-11,18H2,1-2H3. The fourth-order valence-corrected chi connectivity index (χ4v) is 1.66. The summed E-state index contributed by atoms with van der Waals surface area (Å²) in [6, 6.07) is 9.06. The van der Waals surface area contributed by atoms with Crippen LogP contribution in [-0.2, 0) is 9.53 Å². The number of nitriles is 1. The number of ether oxygens (including phenoxy) is 2. The van der Waals surface area contributed by atoms with E-state index in [-0.39, 0.29) is 12.0 Å². The smallest absolute Gasteiger partial charge is 0.344 e. The van der Waals surface area contributed by atoms with E-state index in [1.807, 2.05) is 13.8 Å². The summed E-state index contributed by atoms with van der Waals surface area (Å²) in [4.78, 5) is 11.5. The van der Waals surface area contributed by atoms with Crippen LogP contribution in [0.4, 0.5) is 5.69 Å². The third kappa shape index (κ3) is 7.21. The monoisotopic (exact) mass is 290 g/mol. The van der Waals surface area contributed by atoms with Crippen molar-refractivity contribution in [3.8, 4) is 11.8 Å². The number of anilines is 1. The number of nitrogen functional groups attached to an aromatic ring is 1. The third-order valence-electron chi connectivity index (χ3n) is 3.00. The maximum absolute atomic E-state index is 11.5. The van der Waals surface area contributed by atoms with Crippen LogP contribution in [0.25, 0.3) is 0 Å². The summed E-state index contributed by atoms with van der Waals surface area (Å²) >= 11 is 0. The number of benzene rings is 1. The van der Waals surface area contributed by atoms with Gasteiger partial charge in [-0.1, -0.05) is 0 Å². The summed E-state index contributed by atoms with van der Waals surface area (Å²) in [6.07, 6.45) is 2.40. The molecule has 0 bridgehead atoms. The summed E-state index contributed by atoms with van der Waals surface area (Å²) in [5.74, 6) is 0.184. The Bertz CT molecular complexity index is 489. The Morgan fingerprint density at radius 1 is 1.29 bits per heavy atom. The van der Waals surface area contributed by atoms with Crippen molar-refractivity contribution in [2.24, 2.45) is 5.41 Å². The zero-order chi connectivity index (χ0) is 15.7. The van der Waals surface area contributed by atoms with Crippen molar-refractivity contribution in [3.63, 3.8) is 0 Å². The molecule has 0 aromatic heterocycles. The molecule has 5 nitrogen and oxygen atoms in total. The molecule has 0 aliphatic heterocycles. The number of esters is 1. The summed E-state index contributed by atoms with van der Waals surface area (Å²) < 4.78 is 10.3. The van der Waals surface area contributed by atoms with Gasteiger partial charge in [-0.15, -0.1) is 0 Å². The highest BCUT2D eigenvalue weighted by molar-refractivity contribution is 5.71. The largest absolute Gasteiger partial charge is 0.482 e. The number of hydrogen-bond donors (Lipinski definition) is 1. The van der Waals surface area contributed by atoms with Gasteiger partial charge in [-0.05, 0) is 57.4 Å². The van der Waals surface area contributed by atoms with Crippen LogP contribution in [0.2, 0.25) is 0 Å². The summed E-state index contributed by atoms with van der Waals surface area (Å²) in [5.41, 5.74) is 5.88. The second kappa shape index (κ2) is 8.15. The van der Waals surface area contributed by atoms with E-state index < -0.39 is 5.97 Å². The van der Waals surface area contributed by atoms with Crippen molar-refractivity contribution in [3.05, 3.63) is 24.3 Å². The van der Waals surface area contributed by atoms with Gasteiger partial charge in [-0.2, -0.15) is 5.26 Å². The number of nitrogens with two attached hydrogens (primary N) is 1. The molecule has 0 unspecified atom stereocenters. The van der Waals surface area contributed by atoms with E-state index in [4.69, 9.17) is 20.5 Å². The normalized spacial score (nSPS) is 10.7. The van der Waals surface area contributed by atoms with Gasteiger partial charge >= 0.3 is 5.97 Å². The van der Waals surface area contributed by atoms with Crippen molar-refractivity contribution in [1.29, 1.82) is 5.26 Å². The maximum Gasteiger partial charge on any atom is 0.344 e. The molecule has 1 aromatic rings. The van der Waals surface area contributed by atoms with Gasteiger partial charge in [0.15, 0.2) is 6.61 Å². The van der Waals surface area contributed by atoms with Crippen LogP contribution in [0, 0.1) is 16.7 Å². The lowest BCUT2D eigenvalue weighted by molar-refractivity contribution is -0.146. The molecular formula is C16H22N2O3. The van der Waals surface area contributed by atoms with Crippen LogP contribution in [0.5, 0.6) is 5.75 Å². The second-order valence-corrected chi connectivity index (χ2v) is 5.53. The minimum absolute atomic E-state index is 0.117. The highest BCUT2D eigenvalue weighted by Gasteiger charge is 2.15. The van der Waals surface area contributed by atoms with E-state index in [2.05, 4.69) is 6.07 Å². The molecule has 0 aliphatic rings. The van der Waals surface area contributed by atoms with Crippen molar-refractivity contribution < 1.29 is 14.3 Å². The Morgan fingerprint density at radius 3 is 2.57 bits per heavy atom. The number of hydrogen-bond acceptors (Lipinski definition) is 5. The molecule has 2 N–H and O–H groups in total. The predicted octanol–water partition coefficient (Wildman–Crippen LogP) is 2.91. The molecule has 0 heterocycles. The lowest BCUT2D eigenvalue weighted by atomic mass is 9.89. The Morgan fingerprint density at radius 2 is 1.95 bits per heavy atom. The van der Waals surface area contributed by atoms with Crippen LogP contribution in [-0.4, -0.2) is 19.2 Å². The first-order valence-corrected chi connectivity index (χ1v) is 6.98. The van der Waals surface area contributed by atoms with E-state index in [0.29, 0.717) is 18.0 Å². The van der Waals surface area contributed by atoms with Gasteiger partial charge in [0.2, 0.25) is 0 Å². The van der Waals surface area contributed by atoms with E-state index in [9.17, 15) is 4.79 Å². The summed E-state index contributed by atoms with van der Waals surface area (Å²) in [5, 5.41) is 8.87. The zero-order valence-corrected chi connectivity index (χ0v) is 12.6. The van der Waals surface area contributed by atoms with Crippen LogP contribution < -0.4 is 10.5 Å². The fraction of sp³-hybridized carbons (Fsp3) is 0.500. The van der Waals surface area contributed by atoms with Gasteiger partial charge in [0.05, 0.1) is 18.1 Å².